The number of carbonyl (C=O) groups is 1. The number of thiazole rings is 1. The number of esters is 1. The number of aromatic nitrogens is 1. The number of hydrogen-bond donors (Lipinski definition) is 2. The molecule has 1 atom stereocenters. The molecule has 20 heavy (non-hydrogen) atoms. The monoisotopic (exact) mass is 322 g/mol. The molecule has 1 aromatic heterocycles. The Morgan fingerprint density at radius 1 is 1.40 bits per heavy atom. The zero-order chi connectivity index (χ0) is 15.7. The minimum absolute atomic E-state index is 0.127. The van der Waals surface area contributed by atoms with E-state index in [0.29, 0.717) is 11.3 Å². The van der Waals surface area contributed by atoms with Crippen LogP contribution in [0.4, 0.5) is 0 Å². The Balaban J connectivity index is 2.89. The van der Waals surface area contributed by atoms with Gasteiger partial charge in [0.05, 0.1) is 0 Å². The molecule has 0 amide bonds. The maximum atomic E-state index is 12.1. The number of sulfonamides is 1. The third-order valence-corrected chi connectivity index (χ3v) is 5.26. The summed E-state index contributed by atoms with van der Waals surface area (Å²) in [5.74, 6) is -0.679. The van der Waals surface area contributed by atoms with Gasteiger partial charge in [0.1, 0.15) is 11.6 Å². The second-order valence-corrected chi connectivity index (χ2v) is 8.20. The summed E-state index contributed by atoms with van der Waals surface area (Å²) < 4.78 is 31.3. The van der Waals surface area contributed by atoms with E-state index in [4.69, 9.17) is 4.74 Å². The van der Waals surface area contributed by atoms with E-state index in [0.717, 1.165) is 0 Å². The van der Waals surface area contributed by atoms with Gasteiger partial charge in [-0.3, -0.25) is 9.59 Å². The highest BCUT2D eigenvalue weighted by Crippen LogP contribution is 2.16. The van der Waals surface area contributed by atoms with Crippen LogP contribution in [0.15, 0.2) is 9.00 Å². The van der Waals surface area contributed by atoms with Gasteiger partial charge in [0.15, 0.2) is 4.21 Å². The number of aryl methyl sites for hydroxylation is 1. The second-order valence-electron chi connectivity index (χ2n) is 5.30. The SMILES string of the molecule is Cc1[nH]c(=O)sc1S(=O)(=O)N[C@H](C)C(=O)OC(C)(C)C. The largest absolute Gasteiger partial charge is 0.459 e. The van der Waals surface area contributed by atoms with Crippen molar-refractivity contribution >= 4 is 27.3 Å². The average molecular weight is 322 g/mol. The summed E-state index contributed by atoms with van der Waals surface area (Å²) >= 11 is 0.574. The molecule has 0 radical (unpaired) electrons. The van der Waals surface area contributed by atoms with Crippen molar-refractivity contribution in [3.63, 3.8) is 0 Å². The molecule has 0 aliphatic heterocycles. The Morgan fingerprint density at radius 2 is 1.95 bits per heavy atom. The number of ether oxygens (including phenoxy) is 1. The molecule has 9 heteroatoms. The fraction of sp³-hybridized carbons (Fsp3) is 0.636. The van der Waals surface area contributed by atoms with E-state index in [1.807, 2.05) is 0 Å². The van der Waals surface area contributed by atoms with Crippen LogP contribution in [0.3, 0.4) is 0 Å². The van der Waals surface area contributed by atoms with Gasteiger partial charge < -0.3 is 9.72 Å². The Morgan fingerprint density at radius 3 is 2.35 bits per heavy atom. The molecule has 1 rings (SSSR count). The second kappa shape index (κ2) is 5.66. The highest BCUT2D eigenvalue weighted by Gasteiger charge is 2.28. The Bertz CT molecular complexity index is 651. The lowest BCUT2D eigenvalue weighted by molar-refractivity contribution is -0.156. The van der Waals surface area contributed by atoms with Crippen molar-refractivity contribution < 1.29 is 17.9 Å². The molecular formula is C11H18N2O5S2. The van der Waals surface area contributed by atoms with E-state index < -0.39 is 32.5 Å². The molecule has 7 nitrogen and oxygen atoms in total. The summed E-state index contributed by atoms with van der Waals surface area (Å²) in [4.78, 5) is 24.8. The zero-order valence-corrected chi connectivity index (χ0v) is 13.6. The van der Waals surface area contributed by atoms with Gasteiger partial charge in [0.25, 0.3) is 10.0 Å². The molecule has 1 aromatic rings. The Kier molecular flexibility index (Phi) is 4.78. The van der Waals surface area contributed by atoms with E-state index >= 15 is 0 Å². The van der Waals surface area contributed by atoms with Gasteiger partial charge in [0, 0.05) is 5.69 Å². The highest BCUT2D eigenvalue weighted by molar-refractivity contribution is 7.91. The van der Waals surface area contributed by atoms with Crippen molar-refractivity contribution in [2.75, 3.05) is 0 Å². The summed E-state index contributed by atoms with van der Waals surface area (Å²) in [5, 5.41) is 0. The smallest absolute Gasteiger partial charge is 0.324 e. The molecule has 0 fully saturated rings. The predicted molar refractivity (Wildman–Crippen MR) is 75.3 cm³/mol. The van der Waals surface area contributed by atoms with Crippen molar-refractivity contribution in [3.8, 4) is 0 Å². The number of nitrogens with one attached hydrogen (secondary N) is 2. The first-order valence-electron chi connectivity index (χ1n) is 5.87. The molecule has 2 N–H and O–H groups in total. The van der Waals surface area contributed by atoms with E-state index in [1.165, 1.54) is 13.8 Å². The van der Waals surface area contributed by atoms with Gasteiger partial charge >= 0.3 is 10.8 Å². The molecule has 0 spiro atoms. The Labute approximate surface area is 121 Å². The van der Waals surface area contributed by atoms with E-state index in [1.54, 1.807) is 20.8 Å². The lowest BCUT2D eigenvalue weighted by Gasteiger charge is -2.22. The van der Waals surface area contributed by atoms with Crippen LogP contribution >= 0.6 is 11.3 Å². The van der Waals surface area contributed by atoms with Crippen LogP contribution in [-0.2, 0) is 19.6 Å². The summed E-state index contributed by atoms with van der Waals surface area (Å²) in [6, 6.07) is -1.05. The third kappa shape index (κ3) is 4.43. The minimum atomic E-state index is -3.93. The molecule has 0 unspecified atom stereocenters. The Hall–Kier alpha value is -1.19. The van der Waals surface area contributed by atoms with Gasteiger partial charge in [-0.2, -0.15) is 4.72 Å². The first-order chi connectivity index (χ1) is 8.92. The normalized spacial score (nSPS) is 14.1. The van der Waals surface area contributed by atoms with Crippen LogP contribution in [0.1, 0.15) is 33.4 Å². The number of H-pyrrole nitrogens is 1. The van der Waals surface area contributed by atoms with E-state index in [2.05, 4.69) is 9.71 Å². The number of rotatable bonds is 4. The van der Waals surface area contributed by atoms with Gasteiger partial charge in [-0.15, -0.1) is 0 Å². The van der Waals surface area contributed by atoms with Crippen molar-refractivity contribution in [1.29, 1.82) is 0 Å². The molecule has 0 aliphatic rings. The van der Waals surface area contributed by atoms with E-state index in [-0.39, 0.29) is 9.90 Å². The molecule has 0 aromatic carbocycles. The van der Waals surface area contributed by atoms with Crippen molar-refractivity contribution in [3.05, 3.63) is 15.4 Å². The molecule has 0 saturated carbocycles. The number of aromatic amines is 1. The summed E-state index contributed by atoms with van der Waals surface area (Å²) in [5.41, 5.74) is -0.463. The van der Waals surface area contributed by atoms with Gasteiger partial charge in [-0.25, -0.2) is 8.42 Å². The highest BCUT2D eigenvalue weighted by atomic mass is 32.2. The number of hydrogen-bond acceptors (Lipinski definition) is 6. The summed E-state index contributed by atoms with van der Waals surface area (Å²) in [7, 11) is -3.93. The molecule has 0 bridgehead atoms. The lowest BCUT2D eigenvalue weighted by atomic mass is 10.2. The number of carbonyl (C=O) groups excluding carboxylic acids is 1. The standard InChI is InChI=1S/C11H18N2O5S2/c1-6(8(14)18-11(3,4)5)13-20(16,17)9-7(2)12-10(15)19-9/h6,13H,1-5H3,(H,12,15)/t6-/m1/s1. The predicted octanol–water partition coefficient (Wildman–Crippen LogP) is 0.753. The van der Waals surface area contributed by atoms with Crippen LogP contribution in [0.25, 0.3) is 0 Å². The van der Waals surface area contributed by atoms with Gasteiger partial charge in [-0.1, -0.05) is 11.3 Å². The molecule has 1 heterocycles. The van der Waals surface area contributed by atoms with E-state index in [9.17, 15) is 18.0 Å². The van der Waals surface area contributed by atoms with Crippen molar-refractivity contribution in [1.82, 2.24) is 9.71 Å². The molecular weight excluding hydrogens is 304 g/mol. The first kappa shape index (κ1) is 16.9. The van der Waals surface area contributed by atoms with Crippen molar-refractivity contribution in [2.24, 2.45) is 0 Å². The summed E-state index contributed by atoms with van der Waals surface area (Å²) in [6.07, 6.45) is 0. The zero-order valence-electron chi connectivity index (χ0n) is 11.9. The molecule has 0 aliphatic carbocycles. The van der Waals surface area contributed by atoms with Crippen molar-refractivity contribution in [2.45, 2.75) is 50.5 Å². The van der Waals surface area contributed by atoms with Gasteiger partial charge in [-0.05, 0) is 34.6 Å². The lowest BCUT2D eigenvalue weighted by Crippen LogP contribution is -2.42. The molecule has 0 saturated heterocycles. The fourth-order valence-corrected chi connectivity index (χ4v) is 3.88. The fourth-order valence-electron chi connectivity index (χ4n) is 1.37. The van der Waals surface area contributed by atoms with Crippen LogP contribution in [0, 0.1) is 6.92 Å². The topological polar surface area (TPSA) is 105 Å². The minimum Gasteiger partial charge on any atom is -0.459 e. The first-order valence-corrected chi connectivity index (χ1v) is 8.17. The molecule has 114 valence electrons. The summed E-state index contributed by atoms with van der Waals surface area (Å²) in [6.45, 7) is 7.93. The maximum Gasteiger partial charge on any atom is 0.324 e. The maximum absolute atomic E-state index is 12.1. The van der Waals surface area contributed by atoms with Crippen LogP contribution in [-0.4, -0.2) is 31.0 Å². The average Bonchev–Trinajstić information content (AvgIpc) is 2.55. The van der Waals surface area contributed by atoms with Gasteiger partial charge in [0.2, 0.25) is 0 Å². The van der Waals surface area contributed by atoms with Crippen LogP contribution in [0.2, 0.25) is 0 Å². The quantitative estimate of drug-likeness (QED) is 0.796. The third-order valence-electron chi connectivity index (χ3n) is 2.12. The van der Waals surface area contributed by atoms with Crippen LogP contribution in [0.5, 0.6) is 0 Å². The van der Waals surface area contributed by atoms with Crippen LogP contribution < -0.4 is 9.60 Å².